The second-order valence-corrected chi connectivity index (χ2v) is 7.02. The SMILES string of the molecule is C=Cc1ccccc1C(=C)N(C)C(C)c1nccnc1-c1ccc(C(=O)CC)cn1. The average molecular weight is 399 g/mol. The molecule has 0 radical (unpaired) electrons. The Labute approximate surface area is 177 Å². The highest BCUT2D eigenvalue weighted by Crippen LogP contribution is 2.31. The van der Waals surface area contributed by atoms with Crippen LogP contribution in [-0.2, 0) is 0 Å². The molecule has 0 amide bonds. The van der Waals surface area contributed by atoms with Crippen LogP contribution in [0.3, 0.4) is 0 Å². The molecule has 2 aromatic heterocycles. The van der Waals surface area contributed by atoms with Gasteiger partial charge in [0.25, 0.3) is 0 Å². The highest BCUT2D eigenvalue weighted by molar-refractivity contribution is 5.95. The third kappa shape index (κ3) is 4.20. The van der Waals surface area contributed by atoms with Crippen LogP contribution in [0.5, 0.6) is 0 Å². The topological polar surface area (TPSA) is 59.0 Å². The first-order chi connectivity index (χ1) is 14.5. The Kier molecular flexibility index (Phi) is 6.52. The lowest BCUT2D eigenvalue weighted by atomic mass is 10.0. The van der Waals surface area contributed by atoms with Crippen molar-refractivity contribution in [3.63, 3.8) is 0 Å². The van der Waals surface area contributed by atoms with Crippen molar-refractivity contribution in [2.75, 3.05) is 7.05 Å². The second-order valence-electron chi connectivity index (χ2n) is 7.02. The zero-order chi connectivity index (χ0) is 21.7. The Morgan fingerprint density at radius 1 is 1.13 bits per heavy atom. The number of benzene rings is 1. The molecule has 1 aromatic carbocycles. The minimum atomic E-state index is -0.0992. The number of carbonyl (C=O) groups excluding carboxylic acids is 1. The standard InChI is InChI=1S/C25H26N4O/c1-6-19-10-8-9-11-21(19)17(3)29(5)18(4)24-25(27-15-14-26-24)22-13-12-20(16-28-22)23(30)7-2/h6,8-16,18H,1,3,7H2,2,4-5H3. The van der Waals surface area contributed by atoms with Gasteiger partial charge in [0, 0.05) is 48.9 Å². The van der Waals surface area contributed by atoms with E-state index in [2.05, 4.69) is 39.9 Å². The molecular weight excluding hydrogens is 372 g/mol. The summed E-state index contributed by atoms with van der Waals surface area (Å²) in [5.41, 5.74) is 5.68. The molecule has 30 heavy (non-hydrogen) atoms. The van der Waals surface area contributed by atoms with E-state index in [1.54, 1.807) is 24.7 Å². The molecule has 0 fully saturated rings. The van der Waals surface area contributed by atoms with Gasteiger partial charge >= 0.3 is 0 Å². The number of Topliss-reactive ketones (excluding diaryl/α,β-unsaturated/α-hetero) is 1. The molecule has 0 saturated heterocycles. The van der Waals surface area contributed by atoms with Crippen molar-refractivity contribution >= 4 is 17.6 Å². The van der Waals surface area contributed by atoms with E-state index in [1.165, 1.54) is 0 Å². The summed E-state index contributed by atoms with van der Waals surface area (Å²) < 4.78 is 0. The van der Waals surface area contributed by atoms with E-state index < -0.39 is 0 Å². The van der Waals surface area contributed by atoms with Crippen LogP contribution in [0.15, 0.2) is 68.1 Å². The predicted molar refractivity (Wildman–Crippen MR) is 122 cm³/mol. The minimum absolute atomic E-state index is 0.0682. The third-order valence-corrected chi connectivity index (χ3v) is 5.27. The fourth-order valence-corrected chi connectivity index (χ4v) is 3.30. The van der Waals surface area contributed by atoms with Crippen LogP contribution < -0.4 is 0 Å². The highest BCUT2D eigenvalue weighted by atomic mass is 16.1. The van der Waals surface area contributed by atoms with Gasteiger partial charge in [-0.2, -0.15) is 0 Å². The van der Waals surface area contributed by atoms with Crippen molar-refractivity contribution in [2.24, 2.45) is 0 Å². The first-order valence-electron chi connectivity index (χ1n) is 9.92. The Hall–Kier alpha value is -3.60. The first-order valence-corrected chi connectivity index (χ1v) is 9.92. The van der Waals surface area contributed by atoms with Gasteiger partial charge in [-0.3, -0.25) is 19.7 Å². The number of aromatic nitrogens is 3. The van der Waals surface area contributed by atoms with E-state index in [-0.39, 0.29) is 11.8 Å². The quantitative estimate of drug-likeness (QED) is 0.473. The van der Waals surface area contributed by atoms with E-state index in [1.807, 2.05) is 50.4 Å². The lowest BCUT2D eigenvalue weighted by Crippen LogP contribution is -2.22. The Morgan fingerprint density at radius 3 is 2.53 bits per heavy atom. The molecule has 2 heterocycles. The number of rotatable bonds is 8. The zero-order valence-electron chi connectivity index (χ0n) is 17.7. The molecule has 5 nitrogen and oxygen atoms in total. The Balaban J connectivity index is 1.93. The first kappa shape index (κ1) is 21.1. The van der Waals surface area contributed by atoms with Crippen LogP contribution in [0.1, 0.15) is 53.5 Å². The average Bonchev–Trinajstić information content (AvgIpc) is 2.82. The summed E-state index contributed by atoms with van der Waals surface area (Å²) in [5.74, 6) is 0.0682. The minimum Gasteiger partial charge on any atom is -0.366 e. The molecule has 1 unspecified atom stereocenters. The molecule has 0 aliphatic heterocycles. The van der Waals surface area contributed by atoms with E-state index in [9.17, 15) is 4.79 Å². The molecule has 0 N–H and O–H groups in total. The van der Waals surface area contributed by atoms with Crippen LogP contribution in [0.25, 0.3) is 23.2 Å². The molecular formula is C25H26N4O. The van der Waals surface area contributed by atoms with Gasteiger partial charge in [-0.25, -0.2) is 0 Å². The molecule has 0 spiro atoms. The monoisotopic (exact) mass is 398 g/mol. The summed E-state index contributed by atoms with van der Waals surface area (Å²) in [7, 11) is 1.99. The van der Waals surface area contributed by atoms with Gasteiger partial charge in [0.15, 0.2) is 5.78 Å². The van der Waals surface area contributed by atoms with Gasteiger partial charge in [0.05, 0.1) is 17.4 Å². The molecule has 152 valence electrons. The molecule has 1 atom stereocenters. The van der Waals surface area contributed by atoms with Crippen LogP contribution in [-0.4, -0.2) is 32.7 Å². The summed E-state index contributed by atoms with van der Waals surface area (Å²) in [6.45, 7) is 12.1. The maximum absolute atomic E-state index is 11.9. The number of hydrogen-bond acceptors (Lipinski definition) is 5. The fraction of sp³-hybridized carbons (Fsp3) is 0.200. The van der Waals surface area contributed by atoms with Gasteiger partial charge in [-0.05, 0) is 24.6 Å². The van der Waals surface area contributed by atoms with E-state index in [0.29, 0.717) is 23.4 Å². The summed E-state index contributed by atoms with van der Waals surface area (Å²) in [6, 6.07) is 11.5. The Bertz CT molecular complexity index is 1070. The summed E-state index contributed by atoms with van der Waals surface area (Å²) in [6.07, 6.45) is 7.22. The highest BCUT2D eigenvalue weighted by Gasteiger charge is 2.22. The second kappa shape index (κ2) is 9.27. The Morgan fingerprint density at radius 2 is 1.87 bits per heavy atom. The smallest absolute Gasteiger partial charge is 0.164 e. The largest absolute Gasteiger partial charge is 0.366 e. The van der Waals surface area contributed by atoms with E-state index in [4.69, 9.17) is 0 Å². The number of ketones is 1. The molecule has 3 aromatic rings. The normalized spacial score (nSPS) is 11.6. The van der Waals surface area contributed by atoms with Crippen molar-refractivity contribution in [3.05, 3.63) is 90.5 Å². The van der Waals surface area contributed by atoms with Crippen LogP contribution in [0, 0.1) is 0 Å². The van der Waals surface area contributed by atoms with Gasteiger partial charge in [-0.15, -0.1) is 0 Å². The van der Waals surface area contributed by atoms with Crippen molar-refractivity contribution in [1.29, 1.82) is 0 Å². The van der Waals surface area contributed by atoms with Crippen molar-refractivity contribution in [1.82, 2.24) is 19.9 Å². The van der Waals surface area contributed by atoms with Crippen molar-refractivity contribution in [3.8, 4) is 11.4 Å². The van der Waals surface area contributed by atoms with Gasteiger partial charge in [-0.1, -0.05) is 50.4 Å². The fourth-order valence-electron chi connectivity index (χ4n) is 3.30. The maximum Gasteiger partial charge on any atom is 0.164 e. The van der Waals surface area contributed by atoms with Crippen molar-refractivity contribution < 1.29 is 4.79 Å². The van der Waals surface area contributed by atoms with Crippen molar-refractivity contribution in [2.45, 2.75) is 26.3 Å². The van der Waals surface area contributed by atoms with E-state index in [0.717, 1.165) is 22.5 Å². The van der Waals surface area contributed by atoms with Crippen LogP contribution >= 0.6 is 0 Å². The summed E-state index contributed by atoms with van der Waals surface area (Å²) >= 11 is 0. The van der Waals surface area contributed by atoms with E-state index >= 15 is 0 Å². The van der Waals surface area contributed by atoms with Gasteiger partial charge < -0.3 is 4.90 Å². The number of nitrogens with zero attached hydrogens (tertiary/aromatic N) is 4. The summed E-state index contributed by atoms with van der Waals surface area (Å²) in [4.78, 5) is 27.6. The third-order valence-electron chi connectivity index (χ3n) is 5.27. The van der Waals surface area contributed by atoms with Crippen LogP contribution in [0.4, 0.5) is 0 Å². The molecule has 0 aliphatic rings. The molecule has 0 aliphatic carbocycles. The number of hydrogen-bond donors (Lipinski definition) is 0. The number of carbonyl (C=O) groups is 1. The maximum atomic E-state index is 11.9. The van der Waals surface area contributed by atoms with Crippen LogP contribution in [0.2, 0.25) is 0 Å². The molecule has 3 rings (SSSR count). The lowest BCUT2D eigenvalue weighted by Gasteiger charge is -2.30. The molecule has 0 bridgehead atoms. The number of pyridine rings is 1. The van der Waals surface area contributed by atoms with Gasteiger partial charge in [0.1, 0.15) is 5.69 Å². The lowest BCUT2D eigenvalue weighted by molar-refractivity contribution is 0.0988. The summed E-state index contributed by atoms with van der Waals surface area (Å²) in [5, 5.41) is 0. The molecule has 0 saturated carbocycles. The zero-order valence-corrected chi connectivity index (χ0v) is 17.7. The molecule has 5 heteroatoms. The predicted octanol–water partition coefficient (Wildman–Crippen LogP) is 5.44. The van der Waals surface area contributed by atoms with Gasteiger partial charge in [0.2, 0.25) is 0 Å².